The molecular weight excluding hydrogens is 402 g/mol. The zero-order valence-electron chi connectivity index (χ0n) is 13.5. The normalized spacial score (nSPS) is 11.0. The summed E-state index contributed by atoms with van der Waals surface area (Å²) < 4.78 is 7.38. The largest absolute Gasteiger partial charge is 0.444 e. The van der Waals surface area contributed by atoms with Crippen molar-refractivity contribution in [2.75, 3.05) is 5.32 Å². The summed E-state index contributed by atoms with van der Waals surface area (Å²) in [5, 5.41) is 7.42. The molecule has 0 atom stereocenters. The van der Waals surface area contributed by atoms with Crippen molar-refractivity contribution in [1.82, 2.24) is 19.7 Å². The number of carbonyl (C=O) groups excluding carboxylic acids is 1. The highest BCUT2D eigenvalue weighted by molar-refractivity contribution is 9.10. The first-order chi connectivity index (χ1) is 12.5. The van der Waals surface area contributed by atoms with Gasteiger partial charge in [0.05, 0.1) is 23.9 Å². The molecular formula is C17H12BrN5O3. The van der Waals surface area contributed by atoms with E-state index in [1.54, 1.807) is 37.3 Å². The number of fused-ring (bicyclic) bond motifs is 1. The summed E-state index contributed by atoms with van der Waals surface area (Å²) >= 11 is 3.21. The quantitative estimate of drug-likeness (QED) is 0.536. The van der Waals surface area contributed by atoms with E-state index in [0.29, 0.717) is 32.6 Å². The molecule has 4 rings (SSSR count). The minimum atomic E-state index is -0.386. The SMILES string of the molecule is Cc1cc(Br)oc1C(=O)Nc1ccccc1-n1ncc2c(=O)[nH]cnc21. The average molecular weight is 414 g/mol. The number of hydrogen-bond acceptors (Lipinski definition) is 5. The molecule has 1 aromatic carbocycles. The average Bonchev–Trinajstić information content (AvgIpc) is 3.19. The van der Waals surface area contributed by atoms with Crippen molar-refractivity contribution in [2.24, 2.45) is 0 Å². The Bertz CT molecular complexity index is 1190. The van der Waals surface area contributed by atoms with Crippen molar-refractivity contribution < 1.29 is 9.21 Å². The van der Waals surface area contributed by atoms with Gasteiger partial charge in [0.2, 0.25) is 0 Å². The van der Waals surface area contributed by atoms with Crippen molar-refractivity contribution in [3.05, 3.63) is 69.2 Å². The van der Waals surface area contributed by atoms with E-state index >= 15 is 0 Å². The fourth-order valence-corrected chi connectivity index (χ4v) is 3.15. The molecule has 0 saturated carbocycles. The molecule has 26 heavy (non-hydrogen) atoms. The van der Waals surface area contributed by atoms with E-state index in [4.69, 9.17) is 4.42 Å². The van der Waals surface area contributed by atoms with Gasteiger partial charge in [-0.05, 0) is 41.1 Å². The number of aromatic nitrogens is 4. The molecule has 0 radical (unpaired) electrons. The van der Waals surface area contributed by atoms with E-state index in [1.807, 2.05) is 0 Å². The summed E-state index contributed by atoms with van der Waals surface area (Å²) in [6.07, 6.45) is 2.75. The van der Waals surface area contributed by atoms with Gasteiger partial charge in [-0.15, -0.1) is 0 Å². The van der Waals surface area contributed by atoms with Gasteiger partial charge in [0, 0.05) is 5.56 Å². The molecule has 0 saturated heterocycles. The molecule has 0 unspecified atom stereocenters. The lowest BCUT2D eigenvalue weighted by Gasteiger charge is -2.11. The summed E-state index contributed by atoms with van der Waals surface area (Å²) in [5.74, 6) is -0.172. The number of nitrogens with zero attached hydrogens (tertiary/aromatic N) is 3. The third-order valence-corrected chi connectivity index (χ3v) is 4.24. The lowest BCUT2D eigenvalue weighted by molar-refractivity contribution is 0.0994. The highest BCUT2D eigenvalue weighted by Gasteiger charge is 2.18. The Labute approximate surface area is 155 Å². The molecule has 0 aliphatic carbocycles. The smallest absolute Gasteiger partial charge is 0.291 e. The minimum Gasteiger partial charge on any atom is -0.444 e. The first-order valence-electron chi connectivity index (χ1n) is 7.62. The van der Waals surface area contributed by atoms with Crippen LogP contribution >= 0.6 is 15.9 Å². The third kappa shape index (κ3) is 2.72. The van der Waals surface area contributed by atoms with E-state index in [2.05, 4.69) is 36.3 Å². The number of aromatic amines is 1. The van der Waals surface area contributed by atoms with Crippen LogP contribution in [0.2, 0.25) is 0 Å². The highest BCUT2D eigenvalue weighted by Crippen LogP contribution is 2.25. The highest BCUT2D eigenvalue weighted by atomic mass is 79.9. The fraction of sp³-hybridized carbons (Fsp3) is 0.0588. The van der Waals surface area contributed by atoms with Crippen LogP contribution in [-0.2, 0) is 0 Å². The van der Waals surface area contributed by atoms with Gasteiger partial charge in [0.15, 0.2) is 16.1 Å². The van der Waals surface area contributed by atoms with Crippen molar-refractivity contribution >= 4 is 38.6 Å². The number of carbonyl (C=O) groups is 1. The van der Waals surface area contributed by atoms with Crippen LogP contribution in [0.1, 0.15) is 16.1 Å². The number of halogens is 1. The Hall–Kier alpha value is -3.20. The first-order valence-corrected chi connectivity index (χ1v) is 8.42. The number of nitrogens with one attached hydrogen (secondary N) is 2. The Balaban J connectivity index is 1.78. The van der Waals surface area contributed by atoms with Crippen molar-refractivity contribution in [3.63, 3.8) is 0 Å². The monoisotopic (exact) mass is 413 g/mol. The Morgan fingerprint density at radius 3 is 2.92 bits per heavy atom. The standard InChI is InChI=1S/C17H12BrN5O3/c1-9-6-13(18)26-14(9)17(25)22-11-4-2-3-5-12(11)23-15-10(7-21-23)16(24)20-8-19-15/h2-8H,1H3,(H,22,25)(H,19,20,24). The molecule has 3 heterocycles. The number of amides is 1. The molecule has 9 heteroatoms. The van der Waals surface area contributed by atoms with Gasteiger partial charge >= 0.3 is 0 Å². The van der Waals surface area contributed by atoms with E-state index in [-0.39, 0.29) is 17.2 Å². The number of furan rings is 1. The van der Waals surface area contributed by atoms with Crippen LogP contribution in [0.25, 0.3) is 16.7 Å². The molecule has 130 valence electrons. The number of benzene rings is 1. The second-order valence-electron chi connectivity index (χ2n) is 5.56. The van der Waals surface area contributed by atoms with E-state index < -0.39 is 0 Å². The molecule has 0 aliphatic heterocycles. The first kappa shape index (κ1) is 16.3. The Morgan fingerprint density at radius 2 is 2.15 bits per heavy atom. The minimum absolute atomic E-state index is 0.214. The third-order valence-electron chi connectivity index (χ3n) is 3.85. The number of anilines is 1. The van der Waals surface area contributed by atoms with Crippen LogP contribution in [0.15, 0.2) is 56.7 Å². The summed E-state index contributed by atoms with van der Waals surface area (Å²) in [6.45, 7) is 1.78. The second kappa shape index (κ2) is 6.26. The van der Waals surface area contributed by atoms with Crippen molar-refractivity contribution in [3.8, 4) is 5.69 Å². The summed E-state index contributed by atoms with van der Waals surface area (Å²) in [5.41, 5.74) is 1.92. The molecule has 3 aromatic heterocycles. The zero-order chi connectivity index (χ0) is 18.3. The number of rotatable bonds is 3. The maximum Gasteiger partial charge on any atom is 0.291 e. The van der Waals surface area contributed by atoms with Crippen LogP contribution in [0.5, 0.6) is 0 Å². The van der Waals surface area contributed by atoms with Gasteiger partial charge in [0.1, 0.15) is 5.39 Å². The maximum absolute atomic E-state index is 12.6. The van der Waals surface area contributed by atoms with Crippen LogP contribution < -0.4 is 10.9 Å². The van der Waals surface area contributed by atoms with E-state index in [9.17, 15) is 9.59 Å². The van der Waals surface area contributed by atoms with Crippen LogP contribution in [0, 0.1) is 6.92 Å². The van der Waals surface area contributed by atoms with Crippen molar-refractivity contribution in [1.29, 1.82) is 0 Å². The maximum atomic E-state index is 12.6. The molecule has 2 N–H and O–H groups in total. The van der Waals surface area contributed by atoms with Gasteiger partial charge < -0.3 is 14.7 Å². The fourth-order valence-electron chi connectivity index (χ4n) is 2.64. The number of aryl methyl sites for hydroxylation is 1. The van der Waals surface area contributed by atoms with Gasteiger partial charge in [-0.1, -0.05) is 12.1 Å². The lowest BCUT2D eigenvalue weighted by atomic mass is 10.2. The summed E-state index contributed by atoms with van der Waals surface area (Å²) in [7, 11) is 0. The zero-order valence-corrected chi connectivity index (χ0v) is 15.1. The van der Waals surface area contributed by atoms with E-state index in [0.717, 1.165) is 0 Å². The Kier molecular flexibility index (Phi) is 3.92. The number of para-hydroxylation sites is 2. The van der Waals surface area contributed by atoms with E-state index in [1.165, 1.54) is 17.2 Å². The topological polar surface area (TPSA) is 106 Å². The van der Waals surface area contributed by atoms with Gasteiger partial charge in [-0.25, -0.2) is 9.67 Å². The van der Waals surface area contributed by atoms with Gasteiger partial charge in [-0.2, -0.15) is 5.10 Å². The van der Waals surface area contributed by atoms with Gasteiger partial charge in [-0.3, -0.25) is 9.59 Å². The number of hydrogen-bond donors (Lipinski definition) is 2. The second-order valence-corrected chi connectivity index (χ2v) is 6.34. The molecule has 1 amide bonds. The van der Waals surface area contributed by atoms with Crippen molar-refractivity contribution in [2.45, 2.75) is 6.92 Å². The Morgan fingerprint density at radius 1 is 1.35 bits per heavy atom. The molecule has 0 bridgehead atoms. The molecule has 0 aliphatic rings. The predicted octanol–water partition coefficient (Wildman–Crippen LogP) is 3.03. The molecule has 8 nitrogen and oxygen atoms in total. The molecule has 0 spiro atoms. The van der Waals surface area contributed by atoms with Crippen LogP contribution in [-0.4, -0.2) is 25.7 Å². The summed E-state index contributed by atoms with van der Waals surface area (Å²) in [6, 6.07) is 8.82. The number of H-pyrrole nitrogens is 1. The van der Waals surface area contributed by atoms with Crippen LogP contribution in [0.3, 0.4) is 0 Å². The lowest BCUT2D eigenvalue weighted by Crippen LogP contribution is -2.14. The summed E-state index contributed by atoms with van der Waals surface area (Å²) in [4.78, 5) is 31.1. The molecule has 0 fully saturated rings. The molecule has 4 aromatic rings. The van der Waals surface area contributed by atoms with Crippen LogP contribution in [0.4, 0.5) is 5.69 Å². The predicted molar refractivity (Wildman–Crippen MR) is 98.6 cm³/mol. The van der Waals surface area contributed by atoms with Gasteiger partial charge in [0.25, 0.3) is 11.5 Å².